The maximum atomic E-state index is 13.3. The third kappa shape index (κ3) is 14.4. The molecule has 59 heavy (non-hydrogen) atoms. The van der Waals surface area contributed by atoms with Gasteiger partial charge >= 0.3 is 24.0 Å². The molecular formula is C38H41BrF2N6O10S2. The Morgan fingerprint density at radius 2 is 1.12 bits per heavy atom. The minimum atomic E-state index is -3.14. The first-order chi connectivity index (χ1) is 28.0. The lowest BCUT2D eigenvalue weighted by Gasteiger charge is -2.32. The average Bonchev–Trinajstić information content (AvgIpc) is 3.24. The van der Waals surface area contributed by atoms with Crippen molar-refractivity contribution in [1.29, 1.82) is 0 Å². The van der Waals surface area contributed by atoms with Crippen molar-refractivity contribution in [2.24, 2.45) is 0 Å². The van der Waals surface area contributed by atoms with Gasteiger partial charge in [-0.15, -0.1) is 0 Å². The molecule has 16 nitrogen and oxygen atoms in total. The highest BCUT2D eigenvalue weighted by Crippen LogP contribution is 2.21. The van der Waals surface area contributed by atoms with Crippen molar-refractivity contribution in [1.82, 2.24) is 19.8 Å². The van der Waals surface area contributed by atoms with Crippen molar-refractivity contribution < 1.29 is 54.3 Å². The summed E-state index contributed by atoms with van der Waals surface area (Å²) >= 11 is 3.26. The lowest BCUT2D eigenvalue weighted by molar-refractivity contribution is 0.0591. The number of amides is 4. The molecule has 6 rings (SSSR count). The molecule has 2 aliphatic heterocycles. The number of hydrogen-bond acceptors (Lipinski definition) is 12. The van der Waals surface area contributed by atoms with E-state index in [-0.39, 0.29) is 79.1 Å². The predicted octanol–water partition coefficient (Wildman–Crippen LogP) is 4.72. The number of hydrogen-bond donors (Lipinski definition) is 1. The fourth-order valence-corrected chi connectivity index (χ4v) is 8.01. The van der Waals surface area contributed by atoms with Gasteiger partial charge in [-0.25, -0.2) is 44.8 Å². The Kier molecular flexibility index (Phi) is 16.8. The molecule has 4 heterocycles. The number of carbonyl (C=O) groups excluding carboxylic acids is 4. The summed E-state index contributed by atoms with van der Waals surface area (Å²) < 4.78 is 80.9. The van der Waals surface area contributed by atoms with E-state index in [1.807, 2.05) is 0 Å². The fourth-order valence-electron chi connectivity index (χ4n) is 5.28. The molecule has 1 N–H and O–H groups in total. The van der Waals surface area contributed by atoms with Crippen LogP contribution in [0.25, 0.3) is 0 Å². The number of ether oxygens (including phenoxy) is 2. The number of alkyl halides is 1. The second-order valence-corrected chi connectivity index (χ2v) is 17.9. The standard InChI is InChI=1S/C19H20FN3O5S.C11H13FN2O3S.C8H8BrNO2/c1-28-18(24)14-2-5-16(21-12-14)13-23(17-6-3-15(20)4-7-17)19(25)22-8-10-29(26,27)11-9-22;12-9-1-3-10(4-2-9)13-11(15)14-5-7-18(16,17)8-6-14;1-12-8(11)6-2-3-7(4-9)10-5-6/h2-7,12H,8-11,13H2,1H3;1-4H,5-8H2,(H,13,15);2-3,5H,4H2,1H3. The summed E-state index contributed by atoms with van der Waals surface area (Å²) in [5.74, 6) is -1.91. The van der Waals surface area contributed by atoms with Gasteiger partial charge in [0, 0.05) is 55.3 Å². The van der Waals surface area contributed by atoms with Gasteiger partial charge in [-0.2, -0.15) is 0 Å². The van der Waals surface area contributed by atoms with Crippen LogP contribution in [0.5, 0.6) is 0 Å². The molecule has 0 radical (unpaired) electrons. The van der Waals surface area contributed by atoms with Crippen LogP contribution in [0.2, 0.25) is 0 Å². The summed E-state index contributed by atoms with van der Waals surface area (Å²) in [6.45, 7) is 0.626. The Bertz CT molecular complexity index is 2260. The van der Waals surface area contributed by atoms with E-state index in [1.54, 1.807) is 18.2 Å². The predicted molar refractivity (Wildman–Crippen MR) is 218 cm³/mol. The van der Waals surface area contributed by atoms with Crippen LogP contribution >= 0.6 is 15.9 Å². The minimum absolute atomic E-state index is 0.0101. The molecule has 316 valence electrons. The number of carbonyl (C=O) groups is 4. The Balaban J connectivity index is 0.000000217. The van der Waals surface area contributed by atoms with E-state index in [1.165, 1.54) is 95.9 Å². The molecule has 2 aliphatic rings. The molecule has 0 unspecified atom stereocenters. The number of rotatable bonds is 7. The molecule has 2 aromatic carbocycles. The number of anilines is 2. The van der Waals surface area contributed by atoms with E-state index >= 15 is 0 Å². The van der Waals surface area contributed by atoms with Crippen LogP contribution < -0.4 is 10.2 Å². The third-order valence-electron chi connectivity index (χ3n) is 8.66. The van der Waals surface area contributed by atoms with Gasteiger partial charge in [0.2, 0.25) is 0 Å². The van der Waals surface area contributed by atoms with Gasteiger partial charge in [-0.05, 0) is 72.8 Å². The Morgan fingerprint density at radius 3 is 1.54 bits per heavy atom. The van der Waals surface area contributed by atoms with Crippen molar-refractivity contribution >= 4 is 71.0 Å². The first kappa shape index (κ1) is 46.2. The van der Waals surface area contributed by atoms with E-state index in [9.17, 15) is 44.8 Å². The van der Waals surface area contributed by atoms with Crippen molar-refractivity contribution in [3.63, 3.8) is 0 Å². The molecule has 0 aliphatic carbocycles. The van der Waals surface area contributed by atoms with Gasteiger partial charge < -0.3 is 24.6 Å². The van der Waals surface area contributed by atoms with Crippen molar-refractivity contribution in [3.8, 4) is 0 Å². The van der Waals surface area contributed by atoms with Crippen LogP contribution in [0.15, 0.2) is 85.2 Å². The molecule has 21 heteroatoms. The largest absolute Gasteiger partial charge is 0.465 e. The zero-order chi connectivity index (χ0) is 43.2. The number of benzene rings is 2. The summed E-state index contributed by atoms with van der Waals surface area (Å²) in [5.41, 5.74) is 3.07. The molecule has 2 fully saturated rings. The normalized spacial score (nSPS) is 15.2. The lowest BCUT2D eigenvalue weighted by Crippen LogP contribution is -2.49. The number of nitrogens with one attached hydrogen (secondary N) is 1. The first-order valence-electron chi connectivity index (χ1n) is 17.7. The van der Waals surface area contributed by atoms with Crippen molar-refractivity contribution in [3.05, 3.63) is 119 Å². The number of esters is 2. The van der Waals surface area contributed by atoms with E-state index in [0.717, 1.165) is 5.69 Å². The van der Waals surface area contributed by atoms with Crippen LogP contribution in [0.1, 0.15) is 32.1 Å². The maximum Gasteiger partial charge on any atom is 0.339 e. The molecule has 2 aromatic heterocycles. The van der Waals surface area contributed by atoms with Crippen LogP contribution in [0.3, 0.4) is 0 Å². The Labute approximate surface area is 348 Å². The van der Waals surface area contributed by atoms with Crippen LogP contribution in [0, 0.1) is 11.6 Å². The number of aromatic nitrogens is 2. The molecule has 2 saturated heterocycles. The van der Waals surface area contributed by atoms with Gasteiger partial charge in [0.15, 0.2) is 19.7 Å². The molecular weight excluding hydrogens is 882 g/mol. The molecule has 0 atom stereocenters. The fraction of sp³-hybridized carbons (Fsp3) is 0.316. The summed E-state index contributed by atoms with van der Waals surface area (Å²) in [7, 11) is -3.52. The second kappa shape index (κ2) is 21.5. The maximum absolute atomic E-state index is 13.3. The Morgan fingerprint density at radius 1 is 0.678 bits per heavy atom. The van der Waals surface area contributed by atoms with E-state index in [2.05, 4.69) is 40.7 Å². The average molecular weight is 924 g/mol. The number of halogens is 3. The monoisotopic (exact) mass is 922 g/mol. The number of nitrogens with zero attached hydrogens (tertiary/aromatic N) is 5. The van der Waals surface area contributed by atoms with Crippen molar-refractivity contribution in [2.75, 3.05) is 73.6 Å². The van der Waals surface area contributed by atoms with Gasteiger partial charge in [0.25, 0.3) is 0 Å². The van der Waals surface area contributed by atoms with Gasteiger partial charge in [-0.3, -0.25) is 14.9 Å². The van der Waals surface area contributed by atoms with E-state index in [4.69, 9.17) is 0 Å². The molecule has 0 spiro atoms. The summed E-state index contributed by atoms with van der Waals surface area (Å²) in [6.07, 6.45) is 2.85. The highest BCUT2D eigenvalue weighted by Gasteiger charge is 2.29. The van der Waals surface area contributed by atoms with Crippen LogP contribution in [-0.4, -0.2) is 124 Å². The Hall–Kier alpha value is -5.54. The number of urea groups is 2. The first-order valence-corrected chi connectivity index (χ1v) is 22.5. The molecule has 4 aromatic rings. The summed E-state index contributed by atoms with van der Waals surface area (Å²) in [5, 5.41) is 3.28. The van der Waals surface area contributed by atoms with Crippen LogP contribution in [0.4, 0.5) is 29.7 Å². The van der Waals surface area contributed by atoms with Gasteiger partial charge in [0.05, 0.1) is 66.3 Å². The van der Waals surface area contributed by atoms with E-state index in [0.29, 0.717) is 28.0 Å². The highest BCUT2D eigenvalue weighted by atomic mass is 79.9. The van der Waals surface area contributed by atoms with Gasteiger partial charge in [-0.1, -0.05) is 15.9 Å². The minimum Gasteiger partial charge on any atom is -0.465 e. The van der Waals surface area contributed by atoms with Crippen LogP contribution in [-0.2, 0) is 41.0 Å². The lowest BCUT2D eigenvalue weighted by atomic mass is 10.2. The smallest absolute Gasteiger partial charge is 0.339 e. The quantitative estimate of drug-likeness (QED) is 0.198. The number of methoxy groups -OCH3 is 2. The zero-order valence-electron chi connectivity index (χ0n) is 31.9. The zero-order valence-corrected chi connectivity index (χ0v) is 35.1. The number of pyridine rings is 2. The summed E-state index contributed by atoms with van der Waals surface area (Å²) in [6, 6.07) is 16.7. The SMILES string of the molecule is COC(=O)c1ccc(CBr)nc1.COC(=O)c1ccc(CN(C(=O)N2CCS(=O)(=O)CC2)c2ccc(F)cc2)nc1.O=C(Nc1ccc(F)cc1)N1CCS(=O)(=O)CC1. The molecule has 4 amide bonds. The van der Waals surface area contributed by atoms with Crippen molar-refractivity contribution in [2.45, 2.75) is 11.9 Å². The third-order valence-corrected chi connectivity index (χ3v) is 12.5. The van der Waals surface area contributed by atoms with Gasteiger partial charge in [0.1, 0.15) is 11.6 Å². The molecule has 0 bridgehead atoms. The highest BCUT2D eigenvalue weighted by molar-refractivity contribution is 9.08. The number of sulfone groups is 2. The topological polar surface area (TPSA) is 203 Å². The van der Waals surface area contributed by atoms with E-state index < -0.39 is 37.5 Å². The second-order valence-electron chi connectivity index (χ2n) is 12.8. The molecule has 0 saturated carbocycles. The summed E-state index contributed by atoms with van der Waals surface area (Å²) in [4.78, 5) is 59.9.